The van der Waals surface area contributed by atoms with Gasteiger partial charge in [0, 0.05) is 17.5 Å². The first-order chi connectivity index (χ1) is 7.69. The number of esters is 1. The second-order valence-electron chi connectivity index (χ2n) is 5.00. The molecule has 0 bridgehead atoms. The second-order valence-corrected chi connectivity index (χ2v) is 6.75. The SMILES string of the molecule is CC(C)(C)OC(=O)C1(Br)C=CC(Cl)=CC1CN. The zero-order chi connectivity index (χ0) is 13.3. The summed E-state index contributed by atoms with van der Waals surface area (Å²) in [6.45, 7) is 5.79. The lowest BCUT2D eigenvalue weighted by molar-refractivity contribution is -0.157. The van der Waals surface area contributed by atoms with E-state index in [0.29, 0.717) is 11.6 Å². The molecular weight excluding hydrogens is 305 g/mol. The third kappa shape index (κ3) is 3.57. The Bertz CT molecular complexity index is 373. The van der Waals surface area contributed by atoms with Crippen LogP contribution in [0.5, 0.6) is 0 Å². The highest BCUT2D eigenvalue weighted by Crippen LogP contribution is 2.37. The third-order valence-electron chi connectivity index (χ3n) is 2.35. The molecule has 1 aliphatic rings. The quantitative estimate of drug-likeness (QED) is 0.628. The molecule has 0 aromatic carbocycles. The van der Waals surface area contributed by atoms with Gasteiger partial charge < -0.3 is 10.5 Å². The van der Waals surface area contributed by atoms with Crippen LogP contribution in [0.25, 0.3) is 0 Å². The van der Waals surface area contributed by atoms with Crippen molar-refractivity contribution in [1.82, 2.24) is 0 Å². The van der Waals surface area contributed by atoms with Crippen molar-refractivity contribution in [3.05, 3.63) is 23.3 Å². The fourth-order valence-electron chi connectivity index (χ4n) is 1.51. The molecule has 0 spiro atoms. The Morgan fingerprint density at radius 1 is 1.65 bits per heavy atom. The van der Waals surface area contributed by atoms with E-state index < -0.39 is 9.93 Å². The number of nitrogens with two attached hydrogens (primary N) is 1. The van der Waals surface area contributed by atoms with Gasteiger partial charge in [0.15, 0.2) is 0 Å². The molecule has 2 atom stereocenters. The molecule has 1 rings (SSSR count). The minimum absolute atomic E-state index is 0.213. The average Bonchev–Trinajstić information content (AvgIpc) is 2.19. The summed E-state index contributed by atoms with van der Waals surface area (Å²) >= 11 is 9.32. The van der Waals surface area contributed by atoms with Gasteiger partial charge in [-0.15, -0.1) is 0 Å². The highest BCUT2D eigenvalue weighted by Gasteiger charge is 2.44. The predicted octanol–water partition coefficient (Wildman–Crippen LogP) is 2.73. The van der Waals surface area contributed by atoms with Crippen LogP contribution in [-0.2, 0) is 9.53 Å². The van der Waals surface area contributed by atoms with Crippen LogP contribution in [-0.4, -0.2) is 22.4 Å². The van der Waals surface area contributed by atoms with Crippen molar-refractivity contribution in [1.29, 1.82) is 0 Å². The number of carbonyl (C=O) groups is 1. The first kappa shape index (κ1) is 14.7. The van der Waals surface area contributed by atoms with Crippen molar-refractivity contribution in [3.8, 4) is 0 Å². The van der Waals surface area contributed by atoms with E-state index in [0.717, 1.165) is 0 Å². The monoisotopic (exact) mass is 321 g/mol. The molecule has 0 heterocycles. The number of halogens is 2. The molecule has 0 saturated carbocycles. The van der Waals surface area contributed by atoms with Crippen LogP contribution >= 0.6 is 27.5 Å². The van der Waals surface area contributed by atoms with E-state index in [4.69, 9.17) is 22.1 Å². The molecule has 0 aliphatic heterocycles. The van der Waals surface area contributed by atoms with E-state index in [9.17, 15) is 4.79 Å². The highest BCUT2D eigenvalue weighted by atomic mass is 79.9. The molecule has 5 heteroatoms. The lowest BCUT2D eigenvalue weighted by Gasteiger charge is -2.33. The number of rotatable bonds is 2. The van der Waals surface area contributed by atoms with E-state index in [1.807, 2.05) is 20.8 Å². The summed E-state index contributed by atoms with van der Waals surface area (Å²) in [6.07, 6.45) is 5.13. The summed E-state index contributed by atoms with van der Waals surface area (Å²) in [5.74, 6) is -0.563. The van der Waals surface area contributed by atoms with E-state index in [1.54, 1.807) is 18.2 Å². The van der Waals surface area contributed by atoms with Gasteiger partial charge in [-0.25, -0.2) is 0 Å². The van der Waals surface area contributed by atoms with Gasteiger partial charge in [-0.05, 0) is 26.8 Å². The Morgan fingerprint density at radius 3 is 2.71 bits per heavy atom. The Balaban J connectivity index is 2.94. The smallest absolute Gasteiger partial charge is 0.328 e. The first-order valence-corrected chi connectivity index (χ1v) is 6.55. The van der Waals surface area contributed by atoms with Crippen molar-refractivity contribution in [2.24, 2.45) is 11.7 Å². The van der Waals surface area contributed by atoms with Gasteiger partial charge in [0.05, 0.1) is 0 Å². The first-order valence-electron chi connectivity index (χ1n) is 5.38. The van der Waals surface area contributed by atoms with Gasteiger partial charge in [0.2, 0.25) is 0 Å². The van der Waals surface area contributed by atoms with Gasteiger partial charge in [0.25, 0.3) is 0 Å². The molecule has 0 radical (unpaired) electrons. The van der Waals surface area contributed by atoms with Crippen molar-refractivity contribution in [2.45, 2.75) is 30.7 Å². The van der Waals surface area contributed by atoms with Crippen molar-refractivity contribution >= 4 is 33.5 Å². The molecule has 2 unspecified atom stereocenters. The fraction of sp³-hybridized carbons (Fsp3) is 0.583. The summed E-state index contributed by atoms with van der Waals surface area (Å²) in [6, 6.07) is 0. The van der Waals surface area contributed by atoms with Crippen LogP contribution in [0.4, 0.5) is 0 Å². The summed E-state index contributed by atoms with van der Waals surface area (Å²) in [4.78, 5) is 12.2. The number of hydrogen-bond acceptors (Lipinski definition) is 3. The molecule has 0 aromatic heterocycles. The molecule has 0 fully saturated rings. The van der Waals surface area contributed by atoms with E-state index >= 15 is 0 Å². The molecule has 17 heavy (non-hydrogen) atoms. The molecule has 1 aliphatic carbocycles. The van der Waals surface area contributed by atoms with Gasteiger partial charge in [0.1, 0.15) is 9.93 Å². The van der Waals surface area contributed by atoms with Gasteiger partial charge in [-0.2, -0.15) is 0 Å². The largest absolute Gasteiger partial charge is 0.459 e. The number of hydrogen-bond donors (Lipinski definition) is 1. The Morgan fingerprint density at radius 2 is 2.24 bits per heavy atom. The topological polar surface area (TPSA) is 52.3 Å². The normalized spacial score (nSPS) is 28.8. The third-order valence-corrected chi connectivity index (χ3v) is 3.78. The van der Waals surface area contributed by atoms with Crippen LogP contribution in [0.2, 0.25) is 0 Å². The molecule has 0 amide bonds. The van der Waals surface area contributed by atoms with E-state index in [1.165, 1.54) is 0 Å². The fourth-order valence-corrected chi connectivity index (χ4v) is 2.26. The summed E-state index contributed by atoms with van der Waals surface area (Å²) in [5.41, 5.74) is 5.14. The van der Waals surface area contributed by atoms with Crippen LogP contribution < -0.4 is 5.73 Å². The zero-order valence-corrected chi connectivity index (χ0v) is 12.5. The summed E-state index contributed by atoms with van der Waals surface area (Å²) < 4.78 is 4.46. The molecule has 2 N–H and O–H groups in total. The van der Waals surface area contributed by atoms with E-state index in [2.05, 4.69) is 15.9 Å². The van der Waals surface area contributed by atoms with Gasteiger partial charge >= 0.3 is 5.97 Å². The summed E-state index contributed by atoms with van der Waals surface area (Å²) in [7, 11) is 0. The highest BCUT2D eigenvalue weighted by molar-refractivity contribution is 9.10. The lowest BCUT2D eigenvalue weighted by Crippen LogP contribution is -2.45. The predicted molar refractivity (Wildman–Crippen MR) is 73.1 cm³/mol. The number of alkyl halides is 1. The van der Waals surface area contributed by atoms with Crippen molar-refractivity contribution in [3.63, 3.8) is 0 Å². The number of carbonyl (C=O) groups excluding carboxylic acids is 1. The molecular formula is C12H17BrClNO2. The van der Waals surface area contributed by atoms with E-state index in [-0.39, 0.29) is 11.9 Å². The van der Waals surface area contributed by atoms with Crippen LogP contribution in [0.15, 0.2) is 23.3 Å². The standard InChI is InChI=1S/C12H17BrClNO2/c1-11(2,3)17-10(16)12(13)5-4-9(14)6-8(12)7-15/h4-6,8H,7,15H2,1-3H3. The Hall–Kier alpha value is -0.320. The van der Waals surface area contributed by atoms with Crippen molar-refractivity contribution < 1.29 is 9.53 Å². The second kappa shape index (κ2) is 5.12. The lowest BCUT2D eigenvalue weighted by atomic mass is 9.88. The van der Waals surface area contributed by atoms with Crippen LogP contribution in [0, 0.1) is 5.92 Å². The maximum atomic E-state index is 12.2. The van der Waals surface area contributed by atoms with Crippen LogP contribution in [0.3, 0.4) is 0 Å². The maximum absolute atomic E-state index is 12.2. The molecule has 0 saturated heterocycles. The molecule has 3 nitrogen and oxygen atoms in total. The zero-order valence-electron chi connectivity index (χ0n) is 10.2. The van der Waals surface area contributed by atoms with Crippen LogP contribution in [0.1, 0.15) is 20.8 Å². The summed E-state index contributed by atoms with van der Waals surface area (Å²) in [5, 5.41) is 0.582. The molecule has 96 valence electrons. The Kier molecular flexibility index (Phi) is 4.44. The maximum Gasteiger partial charge on any atom is 0.328 e. The van der Waals surface area contributed by atoms with Crippen molar-refractivity contribution in [2.75, 3.05) is 6.54 Å². The minimum atomic E-state index is -0.923. The minimum Gasteiger partial charge on any atom is -0.459 e. The molecule has 0 aromatic rings. The number of allylic oxidation sites excluding steroid dienone is 2. The van der Waals surface area contributed by atoms with Gasteiger partial charge in [-0.3, -0.25) is 4.79 Å². The van der Waals surface area contributed by atoms with Gasteiger partial charge in [-0.1, -0.05) is 39.7 Å². The number of ether oxygens (including phenoxy) is 1. The average molecular weight is 323 g/mol. The Labute approximate surface area is 115 Å².